The van der Waals surface area contributed by atoms with E-state index in [1.807, 2.05) is 36.4 Å². The van der Waals surface area contributed by atoms with Gasteiger partial charge in [0.2, 0.25) is 0 Å². The molecule has 0 saturated carbocycles. The highest BCUT2D eigenvalue weighted by Gasteiger charge is 1.97. The van der Waals surface area contributed by atoms with Gasteiger partial charge in [-0.3, -0.25) is 0 Å². The second-order valence-electron chi connectivity index (χ2n) is 3.61. The Kier molecular flexibility index (Phi) is 3.38. The number of hydrogen-bond donors (Lipinski definition) is 0. The average Bonchev–Trinajstić information content (AvgIpc) is 2.33. The summed E-state index contributed by atoms with van der Waals surface area (Å²) in [5, 5.41) is 8.69. The van der Waals surface area contributed by atoms with Gasteiger partial charge in [0.25, 0.3) is 0 Å². The third-order valence-corrected chi connectivity index (χ3v) is 2.93. The van der Waals surface area contributed by atoms with Gasteiger partial charge in [-0.25, -0.2) is 0 Å². The molecule has 0 amide bonds. The zero-order valence-corrected chi connectivity index (χ0v) is 10.2. The normalized spacial score (nSPS) is 9.75. The third-order valence-electron chi connectivity index (χ3n) is 2.40. The van der Waals surface area contributed by atoms with Crippen molar-refractivity contribution in [3.8, 4) is 6.07 Å². The average molecular weight is 272 g/mol. The molecule has 0 saturated heterocycles. The molecule has 2 aromatic rings. The predicted octanol–water partition coefficient (Wildman–Crippen LogP) is 3.91. The van der Waals surface area contributed by atoms with Gasteiger partial charge < -0.3 is 0 Å². The highest BCUT2D eigenvalue weighted by Crippen LogP contribution is 2.14. The topological polar surface area (TPSA) is 23.8 Å². The van der Waals surface area contributed by atoms with Crippen LogP contribution in [0.25, 0.3) is 0 Å². The zero-order valence-electron chi connectivity index (χ0n) is 8.65. The van der Waals surface area contributed by atoms with Crippen LogP contribution in [0.5, 0.6) is 0 Å². The third kappa shape index (κ3) is 2.71. The van der Waals surface area contributed by atoms with Gasteiger partial charge >= 0.3 is 0 Å². The summed E-state index contributed by atoms with van der Waals surface area (Å²) in [5.41, 5.74) is 3.20. The summed E-state index contributed by atoms with van der Waals surface area (Å²) in [6.45, 7) is 0. The minimum atomic E-state index is 0.708. The monoisotopic (exact) mass is 271 g/mol. The van der Waals surface area contributed by atoms with Crippen molar-refractivity contribution in [1.82, 2.24) is 0 Å². The lowest BCUT2D eigenvalue weighted by Crippen LogP contribution is -1.87. The minimum Gasteiger partial charge on any atom is -0.192 e. The number of nitriles is 1. The molecule has 2 heteroatoms. The lowest BCUT2D eigenvalue weighted by atomic mass is 10.0. The van der Waals surface area contributed by atoms with Crippen LogP contribution in [-0.2, 0) is 6.42 Å². The number of hydrogen-bond acceptors (Lipinski definition) is 1. The fourth-order valence-corrected chi connectivity index (χ4v) is 1.80. The molecule has 0 radical (unpaired) electrons. The summed E-state index contributed by atoms with van der Waals surface area (Å²) < 4.78 is 1.09. The maximum atomic E-state index is 8.69. The molecule has 0 aromatic heterocycles. The molecule has 0 bridgehead atoms. The highest BCUT2D eigenvalue weighted by atomic mass is 79.9. The van der Waals surface area contributed by atoms with Gasteiger partial charge in [-0.15, -0.1) is 0 Å². The molecular weight excluding hydrogens is 262 g/mol. The quantitative estimate of drug-likeness (QED) is 0.813. The second-order valence-corrected chi connectivity index (χ2v) is 4.53. The molecule has 0 heterocycles. The molecule has 0 aliphatic rings. The van der Waals surface area contributed by atoms with Gasteiger partial charge in [0.05, 0.1) is 11.6 Å². The SMILES string of the molecule is N#Cc1ccc(Cc2ccc(Br)cc2)cc1. The van der Waals surface area contributed by atoms with Crippen molar-refractivity contribution in [3.63, 3.8) is 0 Å². The Morgan fingerprint density at radius 3 is 1.88 bits per heavy atom. The first-order chi connectivity index (χ1) is 7.78. The Labute approximate surface area is 103 Å². The van der Waals surface area contributed by atoms with Gasteiger partial charge in [-0.2, -0.15) is 5.26 Å². The van der Waals surface area contributed by atoms with Gasteiger partial charge in [-0.05, 0) is 41.8 Å². The second kappa shape index (κ2) is 4.96. The molecular formula is C14H10BrN. The molecule has 0 aliphatic heterocycles. The first-order valence-corrected chi connectivity index (χ1v) is 5.81. The molecule has 0 atom stereocenters. The lowest BCUT2D eigenvalue weighted by Gasteiger charge is -2.02. The van der Waals surface area contributed by atoms with Crippen LogP contribution in [0.2, 0.25) is 0 Å². The Morgan fingerprint density at radius 1 is 0.875 bits per heavy atom. The molecule has 0 aliphatic carbocycles. The molecule has 0 unspecified atom stereocenters. The summed E-state index contributed by atoms with van der Waals surface area (Å²) in [6, 6.07) is 18.1. The van der Waals surface area contributed by atoms with E-state index < -0.39 is 0 Å². The smallest absolute Gasteiger partial charge is 0.0991 e. The van der Waals surface area contributed by atoms with E-state index in [0.29, 0.717) is 5.56 Å². The van der Waals surface area contributed by atoms with Gasteiger partial charge in [-0.1, -0.05) is 40.2 Å². The summed E-state index contributed by atoms with van der Waals surface area (Å²) in [7, 11) is 0. The van der Waals surface area contributed by atoms with Crippen LogP contribution < -0.4 is 0 Å². The van der Waals surface area contributed by atoms with E-state index in [2.05, 4.69) is 34.1 Å². The fraction of sp³-hybridized carbons (Fsp3) is 0.0714. The van der Waals surface area contributed by atoms with Crippen molar-refractivity contribution in [2.75, 3.05) is 0 Å². The summed E-state index contributed by atoms with van der Waals surface area (Å²) in [5.74, 6) is 0. The van der Waals surface area contributed by atoms with Crippen LogP contribution >= 0.6 is 15.9 Å². The molecule has 1 nitrogen and oxygen atoms in total. The van der Waals surface area contributed by atoms with Gasteiger partial charge in [0, 0.05) is 4.47 Å². The fourth-order valence-electron chi connectivity index (χ4n) is 1.54. The largest absolute Gasteiger partial charge is 0.192 e. The Hall–Kier alpha value is -1.59. The van der Waals surface area contributed by atoms with Crippen LogP contribution in [0.3, 0.4) is 0 Å². The van der Waals surface area contributed by atoms with Crippen molar-refractivity contribution in [3.05, 3.63) is 69.7 Å². The Bertz CT molecular complexity index is 506. The van der Waals surface area contributed by atoms with Crippen LogP contribution in [0.15, 0.2) is 53.0 Å². The molecule has 2 aromatic carbocycles. The summed E-state index contributed by atoms with van der Waals surface area (Å²) in [6.07, 6.45) is 0.902. The number of halogens is 1. The van der Waals surface area contributed by atoms with Crippen molar-refractivity contribution < 1.29 is 0 Å². The molecule has 0 fully saturated rings. The molecule has 0 spiro atoms. The van der Waals surface area contributed by atoms with E-state index >= 15 is 0 Å². The number of nitrogens with zero attached hydrogens (tertiary/aromatic N) is 1. The maximum absolute atomic E-state index is 8.69. The van der Waals surface area contributed by atoms with Crippen LogP contribution in [0, 0.1) is 11.3 Å². The van der Waals surface area contributed by atoms with Crippen LogP contribution in [0.1, 0.15) is 16.7 Å². The Morgan fingerprint density at radius 2 is 1.38 bits per heavy atom. The van der Waals surface area contributed by atoms with Crippen molar-refractivity contribution in [1.29, 1.82) is 5.26 Å². The first-order valence-electron chi connectivity index (χ1n) is 5.01. The molecule has 0 N–H and O–H groups in total. The van der Waals surface area contributed by atoms with E-state index in [9.17, 15) is 0 Å². The highest BCUT2D eigenvalue weighted by molar-refractivity contribution is 9.10. The standard InChI is InChI=1S/C14H10BrN/c15-14-7-5-12(6-8-14)9-11-1-3-13(10-16)4-2-11/h1-8H,9H2. The van der Waals surface area contributed by atoms with E-state index in [4.69, 9.17) is 5.26 Å². The molecule has 16 heavy (non-hydrogen) atoms. The maximum Gasteiger partial charge on any atom is 0.0991 e. The van der Waals surface area contributed by atoms with E-state index in [1.54, 1.807) is 0 Å². The van der Waals surface area contributed by atoms with Crippen molar-refractivity contribution >= 4 is 15.9 Å². The van der Waals surface area contributed by atoms with E-state index in [1.165, 1.54) is 11.1 Å². The first kappa shape index (κ1) is 10.9. The molecule has 78 valence electrons. The number of benzene rings is 2. The van der Waals surface area contributed by atoms with E-state index in [0.717, 1.165) is 10.9 Å². The molecule has 2 rings (SSSR count). The number of rotatable bonds is 2. The van der Waals surface area contributed by atoms with Gasteiger partial charge in [0.1, 0.15) is 0 Å². The predicted molar refractivity (Wildman–Crippen MR) is 68.1 cm³/mol. The minimum absolute atomic E-state index is 0.708. The van der Waals surface area contributed by atoms with Crippen LogP contribution in [0.4, 0.5) is 0 Å². The lowest BCUT2D eigenvalue weighted by molar-refractivity contribution is 1.19. The summed E-state index contributed by atoms with van der Waals surface area (Å²) >= 11 is 3.41. The summed E-state index contributed by atoms with van der Waals surface area (Å²) in [4.78, 5) is 0. The van der Waals surface area contributed by atoms with Crippen molar-refractivity contribution in [2.24, 2.45) is 0 Å². The van der Waals surface area contributed by atoms with Crippen LogP contribution in [-0.4, -0.2) is 0 Å². The van der Waals surface area contributed by atoms with Crippen molar-refractivity contribution in [2.45, 2.75) is 6.42 Å². The zero-order chi connectivity index (χ0) is 11.4. The van der Waals surface area contributed by atoms with Gasteiger partial charge in [0.15, 0.2) is 0 Å². The van der Waals surface area contributed by atoms with E-state index in [-0.39, 0.29) is 0 Å². The Balaban J connectivity index is 2.15.